The number of fused-ring (bicyclic) bond motifs is 1. The van der Waals surface area contributed by atoms with Crippen molar-refractivity contribution in [2.75, 3.05) is 11.9 Å². The summed E-state index contributed by atoms with van der Waals surface area (Å²) in [5.74, 6) is 1.31. The van der Waals surface area contributed by atoms with E-state index in [-0.39, 0.29) is 0 Å². The number of nitrogens with one attached hydrogen (secondary N) is 1. The van der Waals surface area contributed by atoms with Crippen molar-refractivity contribution in [3.05, 3.63) is 51.3 Å². The fourth-order valence-corrected chi connectivity index (χ4v) is 2.71. The van der Waals surface area contributed by atoms with Gasteiger partial charge in [-0.1, -0.05) is 35.9 Å². The molecule has 1 heterocycles. The predicted octanol–water partition coefficient (Wildman–Crippen LogP) is 3.64. The monoisotopic (exact) mass is 323 g/mol. The van der Waals surface area contributed by atoms with E-state index in [2.05, 4.69) is 55.5 Å². The Bertz CT molecular complexity index is 588. The normalized spacial score (nSPS) is 16.9. The average molecular weight is 325 g/mol. The molecule has 2 aromatic rings. The lowest BCUT2D eigenvalue weighted by Crippen LogP contribution is -2.24. The van der Waals surface area contributed by atoms with E-state index in [9.17, 15) is 0 Å². The molecular weight excluding hydrogens is 314 g/mol. The van der Waals surface area contributed by atoms with Crippen LogP contribution in [0.3, 0.4) is 0 Å². The average Bonchev–Trinajstić information content (AvgIpc) is 2.35. The highest BCUT2D eigenvalue weighted by Crippen LogP contribution is 2.35. The molecule has 0 fully saturated rings. The number of anilines is 1. The molecule has 0 saturated carbocycles. The zero-order valence-corrected chi connectivity index (χ0v) is 11.9. The van der Waals surface area contributed by atoms with Gasteiger partial charge in [0.1, 0.15) is 17.3 Å². The second-order valence-corrected chi connectivity index (χ2v) is 5.46. The lowest BCUT2D eigenvalue weighted by atomic mass is 9.78. The Morgan fingerprint density at radius 3 is 3.00 bits per heavy atom. The molecule has 0 radical (unpaired) electrons. The summed E-state index contributed by atoms with van der Waals surface area (Å²) in [7, 11) is 0. The van der Waals surface area contributed by atoms with Gasteiger partial charge in [0.15, 0.2) is 0 Å². The molecule has 1 aliphatic carbocycles. The maximum Gasteiger partial charge on any atom is 0.148 e. The largest absolute Gasteiger partial charge is 0.368 e. The zero-order valence-electron chi connectivity index (χ0n) is 9.53. The molecule has 5 heteroatoms. The first-order chi connectivity index (χ1) is 8.75. The second-order valence-electron chi connectivity index (χ2n) is 4.31. The van der Waals surface area contributed by atoms with Gasteiger partial charge in [-0.05, 0) is 33.5 Å². The first kappa shape index (κ1) is 11.9. The Labute approximate surface area is 119 Å². The van der Waals surface area contributed by atoms with Crippen LogP contribution in [0.25, 0.3) is 0 Å². The van der Waals surface area contributed by atoms with Crippen LogP contribution in [0.1, 0.15) is 17.0 Å². The third-order valence-corrected chi connectivity index (χ3v) is 4.49. The Kier molecular flexibility index (Phi) is 3.22. The van der Waals surface area contributed by atoms with Crippen molar-refractivity contribution in [3.8, 4) is 0 Å². The van der Waals surface area contributed by atoms with Crippen molar-refractivity contribution >= 4 is 33.3 Å². The van der Waals surface area contributed by atoms with E-state index in [1.807, 2.05) is 0 Å². The van der Waals surface area contributed by atoms with E-state index >= 15 is 0 Å². The van der Waals surface area contributed by atoms with Crippen molar-refractivity contribution in [2.45, 2.75) is 12.3 Å². The van der Waals surface area contributed by atoms with E-state index in [0.29, 0.717) is 11.1 Å². The molecule has 0 bridgehead atoms. The van der Waals surface area contributed by atoms with Crippen LogP contribution in [-0.4, -0.2) is 16.5 Å². The van der Waals surface area contributed by atoms with Gasteiger partial charge in [0, 0.05) is 12.5 Å². The number of halogens is 2. The predicted molar refractivity (Wildman–Crippen MR) is 76.1 cm³/mol. The van der Waals surface area contributed by atoms with Crippen LogP contribution in [0.5, 0.6) is 0 Å². The number of nitrogens with zero attached hydrogens (tertiary/aromatic N) is 2. The van der Waals surface area contributed by atoms with Gasteiger partial charge in [0.25, 0.3) is 0 Å². The molecule has 92 valence electrons. The van der Waals surface area contributed by atoms with Gasteiger partial charge < -0.3 is 5.32 Å². The van der Waals surface area contributed by atoms with E-state index in [1.54, 1.807) is 0 Å². The number of aromatic nitrogens is 2. The van der Waals surface area contributed by atoms with Crippen LogP contribution in [0, 0.1) is 0 Å². The molecule has 1 aromatic heterocycles. The van der Waals surface area contributed by atoms with E-state index < -0.39 is 0 Å². The SMILES string of the molecule is Clc1ncnc(NCC2Cc3ccccc32)c1Br. The molecule has 0 saturated heterocycles. The lowest BCUT2D eigenvalue weighted by Gasteiger charge is -2.30. The molecule has 0 aliphatic heterocycles. The van der Waals surface area contributed by atoms with Crippen molar-refractivity contribution in [3.63, 3.8) is 0 Å². The zero-order chi connectivity index (χ0) is 12.5. The van der Waals surface area contributed by atoms with Crippen LogP contribution in [-0.2, 0) is 6.42 Å². The Hall–Kier alpha value is -1.13. The van der Waals surface area contributed by atoms with Crippen molar-refractivity contribution < 1.29 is 0 Å². The highest BCUT2D eigenvalue weighted by Gasteiger charge is 2.25. The van der Waals surface area contributed by atoms with Gasteiger partial charge in [-0.3, -0.25) is 0 Å². The highest BCUT2D eigenvalue weighted by molar-refractivity contribution is 9.10. The van der Waals surface area contributed by atoms with Crippen LogP contribution in [0.15, 0.2) is 35.1 Å². The van der Waals surface area contributed by atoms with Gasteiger partial charge in [0.05, 0.1) is 4.47 Å². The summed E-state index contributed by atoms with van der Waals surface area (Å²) in [4.78, 5) is 8.08. The quantitative estimate of drug-likeness (QED) is 0.876. The minimum absolute atomic E-state index is 0.432. The molecule has 3 rings (SSSR count). The molecule has 0 amide bonds. The third-order valence-electron chi connectivity index (χ3n) is 3.22. The van der Waals surface area contributed by atoms with Crippen molar-refractivity contribution in [2.24, 2.45) is 0 Å². The van der Waals surface area contributed by atoms with Gasteiger partial charge in [-0.15, -0.1) is 0 Å². The highest BCUT2D eigenvalue weighted by atomic mass is 79.9. The molecule has 1 aliphatic rings. The number of hydrogen-bond acceptors (Lipinski definition) is 3. The molecule has 1 N–H and O–H groups in total. The van der Waals surface area contributed by atoms with Gasteiger partial charge in [-0.2, -0.15) is 0 Å². The molecule has 3 nitrogen and oxygen atoms in total. The third kappa shape index (κ3) is 2.10. The minimum Gasteiger partial charge on any atom is -0.368 e. The van der Waals surface area contributed by atoms with Crippen LogP contribution < -0.4 is 5.32 Å². The Morgan fingerprint density at radius 1 is 1.33 bits per heavy atom. The summed E-state index contributed by atoms with van der Waals surface area (Å²) in [5.41, 5.74) is 2.88. The summed E-state index contributed by atoms with van der Waals surface area (Å²) in [6.07, 6.45) is 2.59. The second kappa shape index (κ2) is 4.86. The number of hydrogen-bond donors (Lipinski definition) is 1. The van der Waals surface area contributed by atoms with Crippen LogP contribution in [0.2, 0.25) is 5.15 Å². The minimum atomic E-state index is 0.432. The van der Waals surface area contributed by atoms with E-state index in [4.69, 9.17) is 11.6 Å². The summed E-state index contributed by atoms with van der Waals surface area (Å²) < 4.78 is 0.722. The Morgan fingerprint density at radius 2 is 2.17 bits per heavy atom. The number of benzene rings is 1. The molecule has 1 aromatic carbocycles. The topological polar surface area (TPSA) is 37.8 Å². The smallest absolute Gasteiger partial charge is 0.148 e. The summed E-state index contributed by atoms with van der Waals surface area (Å²) >= 11 is 9.30. The summed E-state index contributed by atoms with van der Waals surface area (Å²) in [6, 6.07) is 8.54. The standard InChI is InChI=1S/C13H11BrClN3/c14-11-12(15)17-7-18-13(11)16-6-9-5-8-3-1-2-4-10(8)9/h1-4,7,9H,5-6H2,(H,16,17,18). The summed E-state index contributed by atoms with van der Waals surface area (Å²) in [5, 5.41) is 3.75. The van der Waals surface area contributed by atoms with Gasteiger partial charge in [-0.25, -0.2) is 9.97 Å². The van der Waals surface area contributed by atoms with Gasteiger partial charge >= 0.3 is 0 Å². The lowest BCUT2D eigenvalue weighted by molar-refractivity contribution is 0.634. The first-order valence-electron chi connectivity index (χ1n) is 5.73. The molecule has 1 unspecified atom stereocenters. The van der Waals surface area contributed by atoms with Crippen LogP contribution >= 0.6 is 27.5 Å². The van der Waals surface area contributed by atoms with E-state index in [1.165, 1.54) is 17.5 Å². The van der Waals surface area contributed by atoms with Crippen LogP contribution in [0.4, 0.5) is 5.82 Å². The Balaban J connectivity index is 1.69. The number of rotatable bonds is 3. The fraction of sp³-hybridized carbons (Fsp3) is 0.231. The molecule has 1 atom stereocenters. The summed E-state index contributed by atoms with van der Waals surface area (Å²) in [6.45, 7) is 0.864. The van der Waals surface area contributed by atoms with Crippen molar-refractivity contribution in [1.29, 1.82) is 0 Å². The van der Waals surface area contributed by atoms with Gasteiger partial charge in [0.2, 0.25) is 0 Å². The molecular formula is C13H11BrClN3. The van der Waals surface area contributed by atoms with Crippen molar-refractivity contribution in [1.82, 2.24) is 9.97 Å². The van der Waals surface area contributed by atoms with E-state index in [0.717, 1.165) is 23.3 Å². The maximum absolute atomic E-state index is 5.92. The maximum atomic E-state index is 5.92. The fourth-order valence-electron chi connectivity index (χ4n) is 2.24. The molecule has 0 spiro atoms. The first-order valence-corrected chi connectivity index (χ1v) is 6.90. The molecule has 18 heavy (non-hydrogen) atoms.